The van der Waals surface area contributed by atoms with Crippen LogP contribution in [0, 0.1) is 5.92 Å². The number of carboxylic acids is 2. The zero-order chi connectivity index (χ0) is 13.7. The molecular weight excluding hydrogens is 232 g/mol. The fourth-order valence-electron chi connectivity index (χ4n) is 0.814. The van der Waals surface area contributed by atoms with Gasteiger partial charge in [-0.3, -0.25) is 9.59 Å². The van der Waals surface area contributed by atoms with Crippen LogP contribution >= 0.6 is 0 Å². The van der Waals surface area contributed by atoms with Gasteiger partial charge < -0.3 is 25.5 Å². The molecule has 7 heteroatoms. The van der Waals surface area contributed by atoms with E-state index in [1.807, 2.05) is 0 Å². The molecule has 0 saturated heterocycles. The molecule has 0 bridgehead atoms. The molecule has 0 rings (SSSR count). The maximum absolute atomic E-state index is 9.79. The summed E-state index contributed by atoms with van der Waals surface area (Å²) in [4.78, 5) is 19.6. The van der Waals surface area contributed by atoms with Gasteiger partial charge in [-0.25, -0.2) is 0 Å². The zero-order valence-electron chi connectivity index (χ0n) is 9.58. The molecule has 0 amide bonds. The maximum Gasteiger partial charge on any atom is 0.303 e. The van der Waals surface area contributed by atoms with Gasteiger partial charge in [-0.05, 0) is 12.8 Å². The van der Waals surface area contributed by atoms with E-state index >= 15 is 0 Å². The van der Waals surface area contributed by atoms with E-state index in [4.69, 9.17) is 25.5 Å². The predicted octanol–water partition coefficient (Wildman–Crippen LogP) is -0.704. The van der Waals surface area contributed by atoms with Gasteiger partial charge in [0.1, 0.15) is 0 Å². The van der Waals surface area contributed by atoms with Crippen molar-refractivity contribution in [1.82, 2.24) is 0 Å². The van der Waals surface area contributed by atoms with Crippen molar-refractivity contribution in [1.29, 1.82) is 0 Å². The molecule has 0 unspecified atom stereocenters. The third-order valence-electron chi connectivity index (χ3n) is 1.84. The molecule has 17 heavy (non-hydrogen) atoms. The lowest BCUT2D eigenvalue weighted by atomic mass is 10.1. The molecule has 0 radical (unpaired) electrons. The summed E-state index contributed by atoms with van der Waals surface area (Å²) in [6.07, 6.45) is 0.566. The molecule has 0 aromatic rings. The summed E-state index contributed by atoms with van der Waals surface area (Å²) in [5, 5.41) is 41.1. The van der Waals surface area contributed by atoms with Gasteiger partial charge in [0.2, 0.25) is 0 Å². The van der Waals surface area contributed by atoms with Crippen molar-refractivity contribution in [3.63, 3.8) is 0 Å². The number of aliphatic hydroxyl groups excluding tert-OH is 3. The van der Waals surface area contributed by atoms with Gasteiger partial charge >= 0.3 is 11.9 Å². The van der Waals surface area contributed by atoms with E-state index < -0.39 is 11.9 Å². The monoisotopic (exact) mass is 252 g/mol. The molecular formula is C10H20O7. The number of aliphatic carboxylic acids is 2. The van der Waals surface area contributed by atoms with Crippen LogP contribution < -0.4 is 0 Å². The first-order chi connectivity index (χ1) is 7.97. The highest BCUT2D eigenvalue weighted by atomic mass is 16.4. The molecule has 7 nitrogen and oxygen atoms in total. The lowest BCUT2D eigenvalue weighted by Gasteiger charge is -2.06. The second-order valence-corrected chi connectivity index (χ2v) is 3.38. The molecule has 0 aliphatic heterocycles. The van der Waals surface area contributed by atoms with E-state index in [-0.39, 0.29) is 45.0 Å². The van der Waals surface area contributed by atoms with E-state index in [0.29, 0.717) is 6.42 Å². The molecule has 0 atom stereocenters. The lowest BCUT2D eigenvalue weighted by Crippen LogP contribution is -2.12. The highest BCUT2D eigenvalue weighted by molar-refractivity contribution is 5.69. The van der Waals surface area contributed by atoms with Gasteiger partial charge in [-0.2, -0.15) is 0 Å². The third-order valence-corrected chi connectivity index (χ3v) is 1.84. The van der Waals surface area contributed by atoms with Crippen LogP contribution in [-0.2, 0) is 9.59 Å². The van der Waals surface area contributed by atoms with Crippen molar-refractivity contribution in [2.75, 3.05) is 19.8 Å². The average molecular weight is 252 g/mol. The van der Waals surface area contributed by atoms with E-state index in [9.17, 15) is 9.59 Å². The topological polar surface area (TPSA) is 135 Å². The Kier molecular flexibility index (Phi) is 13.8. The Morgan fingerprint density at radius 1 is 0.882 bits per heavy atom. The summed E-state index contributed by atoms with van der Waals surface area (Å²) < 4.78 is 0. The first-order valence-corrected chi connectivity index (χ1v) is 5.24. The number of hydrogen-bond acceptors (Lipinski definition) is 5. The van der Waals surface area contributed by atoms with Crippen LogP contribution in [0.1, 0.15) is 25.7 Å². The Labute approximate surface area is 99.3 Å². The van der Waals surface area contributed by atoms with Crippen LogP contribution in [0.3, 0.4) is 0 Å². The summed E-state index contributed by atoms with van der Waals surface area (Å²) in [6.45, 7) is -0.0556. The number of rotatable bonds is 8. The number of carbonyl (C=O) groups is 2. The van der Waals surface area contributed by atoms with Crippen LogP contribution in [0.2, 0.25) is 0 Å². The van der Waals surface area contributed by atoms with E-state index in [1.54, 1.807) is 0 Å². The van der Waals surface area contributed by atoms with Crippen LogP contribution in [0.4, 0.5) is 0 Å². The normalized spacial score (nSPS) is 9.65. The maximum atomic E-state index is 9.79. The van der Waals surface area contributed by atoms with E-state index in [2.05, 4.69) is 0 Å². The van der Waals surface area contributed by atoms with Crippen molar-refractivity contribution in [3.05, 3.63) is 0 Å². The highest BCUT2D eigenvalue weighted by Gasteiger charge is 2.02. The van der Waals surface area contributed by atoms with Crippen LogP contribution in [0.15, 0.2) is 0 Å². The molecule has 0 fully saturated rings. The fraction of sp³-hybridized carbons (Fsp3) is 0.800. The number of hydrogen-bond donors (Lipinski definition) is 5. The quantitative estimate of drug-likeness (QED) is 0.385. The second-order valence-electron chi connectivity index (χ2n) is 3.38. The molecule has 0 saturated carbocycles. The first kappa shape index (κ1) is 18.2. The van der Waals surface area contributed by atoms with Crippen LogP contribution in [0.25, 0.3) is 0 Å². The van der Waals surface area contributed by atoms with E-state index in [1.165, 1.54) is 0 Å². The smallest absolute Gasteiger partial charge is 0.303 e. The predicted molar refractivity (Wildman–Crippen MR) is 58.5 cm³/mol. The molecule has 0 aliphatic carbocycles. The summed E-state index contributed by atoms with van der Waals surface area (Å²) in [7, 11) is 0. The van der Waals surface area contributed by atoms with Crippen molar-refractivity contribution >= 4 is 11.9 Å². The minimum absolute atomic E-state index is 0.0335. The van der Waals surface area contributed by atoms with Gasteiger partial charge in [-0.15, -0.1) is 0 Å². The Balaban J connectivity index is 0. The standard InChI is InChI=1S/C5H8O4.C5H12O3/c6-4(7)2-1-3-5(8)9;6-2-1-5(3-7)4-8/h1-3H2,(H,6,7)(H,8,9);5-8H,1-4H2. The lowest BCUT2D eigenvalue weighted by molar-refractivity contribution is -0.138. The third kappa shape index (κ3) is 17.4. The average Bonchev–Trinajstić information content (AvgIpc) is 2.25. The Bertz CT molecular complexity index is 187. The number of carboxylic acid groups (broad SMARTS) is 2. The summed E-state index contributed by atoms with van der Waals surface area (Å²) in [6, 6.07) is 0. The molecule has 102 valence electrons. The zero-order valence-corrected chi connectivity index (χ0v) is 9.58. The van der Waals surface area contributed by atoms with Crippen molar-refractivity contribution in [3.8, 4) is 0 Å². The SMILES string of the molecule is O=C(O)CCCC(=O)O.OCCC(CO)CO. The van der Waals surface area contributed by atoms with Gasteiger partial charge in [0, 0.05) is 38.6 Å². The van der Waals surface area contributed by atoms with Crippen molar-refractivity contribution < 1.29 is 35.1 Å². The van der Waals surface area contributed by atoms with Crippen molar-refractivity contribution in [2.24, 2.45) is 5.92 Å². The molecule has 0 spiro atoms. The Morgan fingerprint density at radius 2 is 1.29 bits per heavy atom. The van der Waals surface area contributed by atoms with Gasteiger partial charge in [0.15, 0.2) is 0 Å². The minimum Gasteiger partial charge on any atom is -0.481 e. The summed E-state index contributed by atoms with van der Waals surface area (Å²) in [5.74, 6) is -2.03. The molecule has 0 aliphatic rings. The van der Waals surface area contributed by atoms with Crippen LogP contribution in [0.5, 0.6) is 0 Å². The van der Waals surface area contributed by atoms with Crippen LogP contribution in [-0.4, -0.2) is 57.3 Å². The van der Waals surface area contributed by atoms with E-state index in [0.717, 1.165) is 0 Å². The van der Waals surface area contributed by atoms with Gasteiger partial charge in [-0.1, -0.05) is 0 Å². The summed E-state index contributed by atoms with van der Waals surface area (Å²) >= 11 is 0. The first-order valence-electron chi connectivity index (χ1n) is 5.24. The number of aliphatic hydroxyl groups is 3. The fourth-order valence-corrected chi connectivity index (χ4v) is 0.814. The Morgan fingerprint density at radius 3 is 1.47 bits per heavy atom. The highest BCUT2D eigenvalue weighted by Crippen LogP contribution is 1.97. The Hall–Kier alpha value is -1.18. The van der Waals surface area contributed by atoms with Gasteiger partial charge in [0.25, 0.3) is 0 Å². The van der Waals surface area contributed by atoms with Crippen molar-refractivity contribution in [2.45, 2.75) is 25.7 Å². The van der Waals surface area contributed by atoms with Gasteiger partial charge in [0.05, 0.1) is 0 Å². The molecule has 0 heterocycles. The molecule has 5 N–H and O–H groups in total. The molecule has 0 aromatic heterocycles. The summed E-state index contributed by atoms with van der Waals surface area (Å²) in [5.41, 5.74) is 0. The molecule has 0 aromatic carbocycles. The minimum atomic E-state index is -0.948. The second kappa shape index (κ2) is 12.9. The largest absolute Gasteiger partial charge is 0.481 e.